The Hall–Kier alpha value is -0.460. The van der Waals surface area contributed by atoms with Crippen molar-refractivity contribution in [3.8, 4) is 0 Å². The van der Waals surface area contributed by atoms with E-state index in [1.54, 1.807) is 0 Å². The van der Waals surface area contributed by atoms with E-state index in [-0.39, 0.29) is 9.37 Å². The van der Waals surface area contributed by atoms with Gasteiger partial charge in [-0.1, -0.05) is 13.8 Å². The first-order valence-electron chi connectivity index (χ1n) is 4.36. The van der Waals surface area contributed by atoms with Crippen LogP contribution in [0.4, 0.5) is 4.39 Å². The Balaban J connectivity index is 0.000000921. The minimum atomic E-state index is -3.48. The molecule has 0 unspecified atom stereocenters. The minimum absolute atomic E-state index is 0.0308. The first-order valence-corrected chi connectivity index (χ1v) is 6.63. The van der Waals surface area contributed by atoms with Crippen molar-refractivity contribution in [1.29, 1.82) is 0 Å². The van der Waals surface area contributed by atoms with Crippen molar-refractivity contribution >= 4 is 26.0 Å². The summed E-state index contributed by atoms with van der Waals surface area (Å²) in [5.41, 5.74) is 0. The maximum absolute atomic E-state index is 12.7. The lowest BCUT2D eigenvalue weighted by Gasteiger charge is -2.02. The van der Waals surface area contributed by atoms with E-state index in [2.05, 4.69) is 20.7 Å². The highest BCUT2D eigenvalue weighted by Gasteiger charge is 2.12. The standard InChI is InChI=1S/C7H7BrFNO2S.C2H6/c1-10-13(11,12)5-2-3-7(9)6(8)4-5;1-2/h2-4,10H,1H3;1-2H3. The van der Waals surface area contributed by atoms with Gasteiger partial charge in [0.25, 0.3) is 0 Å². The molecule has 1 aromatic rings. The third-order valence-electron chi connectivity index (χ3n) is 1.47. The van der Waals surface area contributed by atoms with Crippen LogP contribution in [0.5, 0.6) is 0 Å². The zero-order valence-corrected chi connectivity index (χ0v) is 11.1. The van der Waals surface area contributed by atoms with Crippen LogP contribution >= 0.6 is 15.9 Å². The second kappa shape index (κ2) is 6.19. The van der Waals surface area contributed by atoms with E-state index in [1.165, 1.54) is 19.2 Å². The predicted octanol–water partition coefficient (Wildman–Crippen LogP) is 2.52. The third kappa shape index (κ3) is 3.89. The summed E-state index contributed by atoms with van der Waals surface area (Å²) in [5.74, 6) is -0.491. The molecule has 1 N–H and O–H groups in total. The molecular formula is C9H13BrFNO2S. The molecule has 0 radical (unpaired) electrons. The Labute approximate surface area is 97.9 Å². The molecule has 0 amide bonds. The molecule has 0 aromatic heterocycles. The minimum Gasteiger partial charge on any atom is -0.214 e. The van der Waals surface area contributed by atoms with Gasteiger partial charge < -0.3 is 0 Å². The third-order valence-corrected chi connectivity index (χ3v) is 3.49. The Morgan fingerprint density at radius 2 is 1.87 bits per heavy atom. The van der Waals surface area contributed by atoms with Crippen LogP contribution in [-0.2, 0) is 10.0 Å². The van der Waals surface area contributed by atoms with Crippen LogP contribution in [-0.4, -0.2) is 15.5 Å². The molecule has 1 aromatic carbocycles. The van der Waals surface area contributed by atoms with Crippen LogP contribution in [0.25, 0.3) is 0 Å². The maximum atomic E-state index is 12.7. The van der Waals surface area contributed by atoms with Crippen LogP contribution in [0.2, 0.25) is 0 Å². The highest BCUT2D eigenvalue weighted by Crippen LogP contribution is 2.19. The first kappa shape index (κ1) is 14.5. The van der Waals surface area contributed by atoms with Gasteiger partial charge in [-0.2, -0.15) is 0 Å². The topological polar surface area (TPSA) is 46.2 Å². The molecule has 0 fully saturated rings. The van der Waals surface area contributed by atoms with Crippen molar-refractivity contribution in [2.24, 2.45) is 0 Å². The fourth-order valence-corrected chi connectivity index (χ4v) is 2.05. The van der Waals surface area contributed by atoms with E-state index < -0.39 is 15.8 Å². The average molecular weight is 298 g/mol. The number of hydrogen-bond acceptors (Lipinski definition) is 2. The lowest BCUT2D eigenvalue weighted by Crippen LogP contribution is -2.18. The van der Waals surface area contributed by atoms with E-state index in [0.29, 0.717) is 0 Å². The van der Waals surface area contributed by atoms with Gasteiger partial charge in [-0.3, -0.25) is 0 Å². The van der Waals surface area contributed by atoms with Crippen molar-refractivity contribution in [2.45, 2.75) is 18.7 Å². The van der Waals surface area contributed by atoms with Gasteiger partial charge in [0.2, 0.25) is 10.0 Å². The van der Waals surface area contributed by atoms with Gasteiger partial charge in [0.1, 0.15) is 5.82 Å². The summed E-state index contributed by atoms with van der Waals surface area (Å²) in [7, 11) is -2.19. The van der Waals surface area contributed by atoms with E-state index >= 15 is 0 Å². The fourth-order valence-electron chi connectivity index (χ4n) is 0.762. The van der Waals surface area contributed by atoms with Crippen molar-refractivity contribution in [3.05, 3.63) is 28.5 Å². The average Bonchev–Trinajstić information content (AvgIpc) is 2.25. The van der Waals surface area contributed by atoms with Crippen LogP contribution < -0.4 is 4.72 Å². The van der Waals surface area contributed by atoms with Crippen LogP contribution in [0.3, 0.4) is 0 Å². The summed E-state index contributed by atoms with van der Waals surface area (Å²) in [6.07, 6.45) is 0. The molecule has 15 heavy (non-hydrogen) atoms. The molecule has 1 rings (SSSR count). The normalized spacial score (nSPS) is 10.5. The van der Waals surface area contributed by atoms with Gasteiger partial charge >= 0.3 is 0 Å². The highest BCUT2D eigenvalue weighted by atomic mass is 79.9. The molecule has 0 heterocycles. The molecule has 0 spiro atoms. The molecule has 0 bridgehead atoms. The molecule has 0 saturated heterocycles. The Bertz CT molecular complexity index is 420. The van der Waals surface area contributed by atoms with E-state index in [9.17, 15) is 12.8 Å². The molecule has 0 aliphatic heterocycles. The quantitative estimate of drug-likeness (QED) is 0.912. The Morgan fingerprint density at radius 1 is 1.33 bits per heavy atom. The summed E-state index contributed by atoms with van der Waals surface area (Å²) in [6.45, 7) is 4.00. The van der Waals surface area contributed by atoms with Gasteiger partial charge in [0, 0.05) is 0 Å². The largest absolute Gasteiger partial charge is 0.240 e. The lowest BCUT2D eigenvalue weighted by molar-refractivity contribution is 0.586. The second-order valence-electron chi connectivity index (χ2n) is 2.28. The number of hydrogen-bond donors (Lipinski definition) is 1. The fraction of sp³-hybridized carbons (Fsp3) is 0.333. The number of halogens is 2. The number of sulfonamides is 1. The molecule has 86 valence electrons. The number of benzene rings is 1. The smallest absolute Gasteiger partial charge is 0.214 e. The zero-order valence-electron chi connectivity index (χ0n) is 8.71. The predicted molar refractivity (Wildman–Crippen MR) is 61.7 cm³/mol. The van der Waals surface area contributed by atoms with Crippen LogP contribution in [0, 0.1) is 5.82 Å². The molecule has 0 aliphatic carbocycles. The van der Waals surface area contributed by atoms with Crippen molar-refractivity contribution in [1.82, 2.24) is 4.72 Å². The zero-order chi connectivity index (χ0) is 12.1. The van der Waals surface area contributed by atoms with Gasteiger partial charge in [-0.05, 0) is 41.2 Å². The van der Waals surface area contributed by atoms with Gasteiger partial charge in [0.05, 0.1) is 9.37 Å². The summed E-state index contributed by atoms with van der Waals surface area (Å²) >= 11 is 2.90. The lowest BCUT2D eigenvalue weighted by atomic mass is 10.3. The van der Waals surface area contributed by atoms with Crippen molar-refractivity contribution in [2.75, 3.05) is 7.05 Å². The molecule has 0 aliphatic rings. The van der Waals surface area contributed by atoms with E-state index in [4.69, 9.17) is 0 Å². The van der Waals surface area contributed by atoms with Crippen LogP contribution in [0.1, 0.15) is 13.8 Å². The van der Waals surface area contributed by atoms with Gasteiger partial charge in [0.15, 0.2) is 0 Å². The highest BCUT2D eigenvalue weighted by molar-refractivity contribution is 9.10. The van der Waals surface area contributed by atoms with Gasteiger partial charge in [-0.15, -0.1) is 0 Å². The van der Waals surface area contributed by atoms with Gasteiger partial charge in [-0.25, -0.2) is 17.5 Å². The molecular weight excluding hydrogens is 285 g/mol. The summed E-state index contributed by atoms with van der Waals surface area (Å²) < 4.78 is 37.4. The van der Waals surface area contributed by atoms with Crippen molar-refractivity contribution < 1.29 is 12.8 Å². The molecule has 0 saturated carbocycles. The molecule has 6 heteroatoms. The molecule has 3 nitrogen and oxygen atoms in total. The summed E-state index contributed by atoms with van der Waals surface area (Å²) in [5, 5.41) is 0. The second-order valence-corrected chi connectivity index (χ2v) is 5.02. The summed E-state index contributed by atoms with van der Waals surface area (Å²) in [6, 6.07) is 3.50. The van der Waals surface area contributed by atoms with E-state index in [1.807, 2.05) is 13.8 Å². The number of rotatable bonds is 2. The number of nitrogens with one attached hydrogen (secondary N) is 1. The molecule has 0 atom stereocenters. The van der Waals surface area contributed by atoms with E-state index in [0.717, 1.165) is 6.07 Å². The Kier molecular flexibility index (Phi) is 6.00. The maximum Gasteiger partial charge on any atom is 0.240 e. The van der Waals surface area contributed by atoms with Crippen molar-refractivity contribution in [3.63, 3.8) is 0 Å². The Morgan fingerprint density at radius 3 is 2.27 bits per heavy atom. The summed E-state index contributed by atoms with van der Waals surface area (Å²) in [4.78, 5) is 0.0308. The van der Waals surface area contributed by atoms with Crippen LogP contribution in [0.15, 0.2) is 27.6 Å². The monoisotopic (exact) mass is 297 g/mol. The SMILES string of the molecule is CC.CNS(=O)(=O)c1ccc(F)c(Br)c1. The first-order chi connectivity index (χ1) is 6.97.